The molecule has 0 atom stereocenters. The van der Waals surface area contributed by atoms with Crippen molar-refractivity contribution in [2.75, 3.05) is 0 Å². The van der Waals surface area contributed by atoms with Gasteiger partial charge in [0, 0.05) is 10.6 Å². The van der Waals surface area contributed by atoms with E-state index in [-0.39, 0.29) is 24.3 Å². The van der Waals surface area contributed by atoms with Gasteiger partial charge in [0.15, 0.2) is 0 Å². The number of benzene rings is 2. The molecule has 0 radical (unpaired) electrons. The molecule has 2 heterocycles. The van der Waals surface area contributed by atoms with Gasteiger partial charge in [-0.2, -0.15) is 9.78 Å². The average molecular weight is 455 g/mol. The summed E-state index contributed by atoms with van der Waals surface area (Å²) in [6.07, 6.45) is 1.44. The Bertz CT molecular complexity index is 1400. The van der Waals surface area contributed by atoms with Crippen molar-refractivity contribution >= 4 is 17.5 Å². The molecule has 1 N–H and O–H groups in total. The minimum Gasteiger partial charge on any atom is -0.467 e. The van der Waals surface area contributed by atoms with Crippen molar-refractivity contribution in [3.8, 4) is 5.69 Å². The lowest BCUT2D eigenvalue weighted by Gasteiger charge is -2.12. The van der Waals surface area contributed by atoms with Crippen molar-refractivity contribution in [2.45, 2.75) is 13.1 Å². The number of rotatable bonds is 6. The van der Waals surface area contributed by atoms with Crippen molar-refractivity contribution < 1.29 is 13.6 Å². The van der Waals surface area contributed by atoms with Crippen LogP contribution in [-0.4, -0.2) is 20.3 Å². The summed E-state index contributed by atoms with van der Waals surface area (Å²) in [5.74, 6) is -0.939. The Morgan fingerprint density at radius 2 is 1.91 bits per heavy atom. The van der Waals surface area contributed by atoms with Gasteiger partial charge in [0.05, 0.1) is 25.0 Å². The fourth-order valence-electron chi connectivity index (χ4n) is 3.03. The van der Waals surface area contributed by atoms with Crippen molar-refractivity contribution in [1.29, 1.82) is 0 Å². The van der Waals surface area contributed by atoms with E-state index < -0.39 is 28.7 Å². The van der Waals surface area contributed by atoms with Gasteiger partial charge >= 0.3 is 5.69 Å². The molecule has 0 saturated heterocycles. The first-order chi connectivity index (χ1) is 15.4. The highest BCUT2D eigenvalue weighted by atomic mass is 35.5. The highest BCUT2D eigenvalue weighted by Gasteiger charge is 2.21. The van der Waals surface area contributed by atoms with Gasteiger partial charge in [-0.1, -0.05) is 35.9 Å². The van der Waals surface area contributed by atoms with Crippen LogP contribution in [0, 0.1) is 5.82 Å². The first kappa shape index (κ1) is 21.3. The first-order valence-electron chi connectivity index (χ1n) is 9.48. The molecule has 162 valence electrons. The number of aromatic nitrogens is 3. The van der Waals surface area contributed by atoms with Crippen molar-refractivity contribution in [3.63, 3.8) is 0 Å². The van der Waals surface area contributed by atoms with Crippen LogP contribution >= 0.6 is 11.6 Å². The van der Waals surface area contributed by atoms with Crippen LogP contribution in [0.25, 0.3) is 5.69 Å². The maximum Gasteiger partial charge on any atom is 0.352 e. The monoisotopic (exact) mass is 454 g/mol. The van der Waals surface area contributed by atoms with Crippen molar-refractivity contribution in [1.82, 2.24) is 19.7 Å². The number of nitrogens with one attached hydrogen (secondary N) is 1. The molecule has 0 saturated carbocycles. The number of halogens is 2. The minimum absolute atomic E-state index is 0.0105. The summed E-state index contributed by atoms with van der Waals surface area (Å²) in [5, 5.41) is 6.84. The minimum atomic E-state index is -0.950. The van der Waals surface area contributed by atoms with Crippen LogP contribution in [0.4, 0.5) is 4.39 Å². The molecule has 32 heavy (non-hydrogen) atoms. The molecular formula is C22H16ClFN4O4. The van der Waals surface area contributed by atoms with E-state index in [2.05, 4.69) is 10.4 Å². The van der Waals surface area contributed by atoms with E-state index in [9.17, 15) is 18.8 Å². The number of carbonyl (C=O) groups excluding carboxylic acids is 1. The average Bonchev–Trinajstić information content (AvgIpc) is 3.30. The molecule has 4 rings (SSSR count). The normalized spacial score (nSPS) is 10.8. The highest BCUT2D eigenvalue weighted by Crippen LogP contribution is 2.13. The number of hydrogen-bond acceptors (Lipinski definition) is 5. The molecule has 0 fully saturated rings. The molecule has 10 heteroatoms. The zero-order valence-electron chi connectivity index (χ0n) is 16.5. The van der Waals surface area contributed by atoms with Crippen LogP contribution in [0.1, 0.15) is 21.8 Å². The quantitative estimate of drug-likeness (QED) is 0.483. The largest absolute Gasteiger partial charge is 0.467 e. The second-order valence-corrected chi connectivity index (χ2v) is 7.20. The van der Waals surface area contributed by atoms with E-state index in [0.717, 1.165) is 9.25 Å². The van der Waals surface area contributed by atoms with Gasteiger partial charge in [-0.3, -0.25) is 14.2 Å². The van der Waals surface area contributed by atoms with Crippen LogP contribution in [0.2, 0.25) is 5.02 Å². The summed E-state index contributed by atoms with van der Waals surface area (Å²) in [4.78, 5) is 38.9. The maximum absolute atomic E-state index is 14.2. The highest BCUT2D eigenvalue weighted by molar-refractivity contribution is 6.30. The summed E-state index contributed by atoms with van der Waals surface area (Å²) in [5.41, 5.74) is -1.98. The SMILES string of the molecule is O=C(NCc1ccco1)c1nn(-c2cccc(Cl)c2)c(=O)n(Cc2ccccc2F)c1=O. The van der Waals surface area contributed by atoms with E-state index in [1.54, 1.807) is 36.4 Å². The van der Waals surface area contributed by atoms with Crippen LogP contribution in [0.5, 0.6) is 0 Å². The number of carbonyl (C=O) groups is 1. The van der Waals surface area contributed by atoms with Crippen LogP contribution in [0.3, 0.4) is 0 Å². The molecule has 2 aromatic heterocycles. The van der Waals surface area contributed by atoms with Crippen molar-refractivity contribution in [2.24, 2.45) is 0 Å². The molecule has 0 aliphatic rings. The van der Waals surface area contributed by atoms with E-state index in [1.807, 2.05) is 0 Å². The number of hydrogen-bond donors (Lipinski definition) is 1. The molecule has 4 aromatic rings. The summed E-state index contributed by atoms with van der Waals surface area (Å²) in [7, 11) is 0. The molecule has 0 aliphatic carbocycles. The van der Waals surface area contributed by atoms with E-state index in [4.69, 9.17) is 16.0 Å². The number of amides is 1. The molecule has 0 aliphatic heterocycles. The number of furan rings is 1. The Labute approximate surface area is 185 Å². The molecular weight excluding hydrogens is 439 g/mol. The maximum atomic E-state index is 14.2. The molecule has 8 nitrogen and oxygen atoms in total. The molecule has 0 bridgehead atoms. The predicted molar refractivity (Wildman–Crippen MR) is 114 cm³/mol. The van der Waals surface area contributed by atoms with E-state index in [1.165, 1.54) is 30.5 Å². The van der Waals surface area contributed by atoms with Crippen LogP contribution in [0.15, 0.2) is 80.9 Å². The summed E-state index contributed by atoms with van der Waals surface area (Å²) in [6, 6.07) is 15.2. The third-order valence-corrected chi connectivity index (χ3v) is 4.85. The smallest absolute Gasteiger partial charge is 0.352 e. The molecule has 0 spiro atoms. The Morgan fingerprint density at radius 3 is 2.62 bits per heavy atom. The lowest BCUT2D eigenvalue weighted by molar-refractivity contribution is 0.0938. The summed E-state index contributed by atoms with van der Waals surface area (Å²) in [6.45, 7) is -0.373. The van der Waals surface area contributed by atoms with Crippen LogP contribution < -0.4 is 16.6 Å². The van der Waals surface area contributed by atoms with Crippen LogP contribution in [-0.2, 0) is 13.1 Å². The lowest BCUT2D eigenvalue weighted by Crippen LogP contribution is -2.46. The van der Waals surface area contributed by atoms with Gasteiger partial charge < -0.3 is 9.73 Å². The third kappa shape index (κ3) is 4.37. The summed E-state index contributed by atoms with van der Waals surface area (Å²) >= 11 is 6.03. The number of nitrogens with zero attached hydrogens (tertiary/aromatic N) is 3. The lowest BCUT2D eigenvalue weighted by atomic mass is 10.2. The standard InChI is InChI=1S/C22H16ClFN4O4/c23-15-6-3-7-16(11-15)28-22(31)27(13-14-5-1-2-9-18(14)24)21(30)19(26-28)20(29)25-12-17-8-4-10-32-17/h1-11H,12-13H2,(H,25,29). The van der Waals surface area contributed by atoms with E-state index >= 15 is 0 Å². The Kier molecular flexibility index (Phi) is 6.00. The van der Waals surface area contributed by atoms with Gasteiger partial charge in [0.25, 0.3) is 11.5 Å². The Morgan fingerprint density at radius 1 is 1.09 bits per heavy atom. The topological polar surface area (TPSA) is 99.1 Å². The van der Waals surface area contributed by atoms with Gasteiger partial charge in [-0.15, -0.1) is 0 Å². The van der Waals surface area contributed by atoms with Gasteiger partial charge in [-0.05, 0) is 36.4 Å². The molecule has 2 aromatic carbocycles. The zero-order chi connectivity index (χ0) is 22.7. The Balaban J connectivity index is 1.82. The zero-order valence-corrected chi connectivity index (χ0v) is 17.3. The fourth-order valence-corrected chi connectivity index (χ4v) is 3.22. The third-order valence-electron chi connectivity index (χ3n) is 4.62. The second-order valence-electron chi connectivity index (χ2n) is 6.77. The second kappa shape index (κ2) is 9.03. The predicted octanol–water partition coefficient (Wildman–Crippen LogP) is 2.76. The first-order valence-corrected chi connectivity index (χ1v) is 9.86. The van der Waals surface area contributed by atoms with Gasteiger partial charge in [0.2, 0.25) is 5.69 Å². The van der Waals surface area contributed by atoms with Crippen molar-refractivity contribution in [3.05, 3.63) is 116 Å². The summed E-state index contributed by atoms with van der Waals surface area (Å²) < 4.78 is 21.0. The molecule has 1 amide bonds. The van der Waals surface area contributed by atoms with Gasteiger partial charge in [0.1, 0.15) is 11.6 Å². The fraction of sp³-hybridized carbons (Fsp3) is 0.0909. The van der Waals surface area contributed by atoms with Gasteiger partial charge in [-0.25, -0.2) is 9.18 Å². The molecule has 0 unspecified atom stereocenters. The van der Waals surface area contributed by atoms with E-state index in [0.29, 0.717) is 10.8 Å². The Hall–Kier alpha value is -3.98.